The van der Waals surface area contributed by atoms with Crippen molar-refractivity contribution in [2.45, 2.75) is 38.8 Å². The third-order valence-electron chi connectivity index (χ3n) is 4.32. The molecule has 1 amide bonds. The van der Waals surface area contributed by atoms with E-state index in [4.69, 9.17) is 4.74 Å². The minimum atomic E-state index is 0.0434. The highest BCUT2D eigenvalue weighted by Gasteiger charge is 2.21. The number of carbonyl (C=O) groups is 1. The molecule has 1 aliphatic rings. The molecule has 2 N–H and O–H groups in total. The van der Waals surface area contributed by atoms with Gasteiger partial charge in [0.1, 0.15) is 0 Å². The highest BCUT2D eigenvalue weighted by atomic mass is 16.5. The van der Waals surface area contributed by atoms with E-state index in [1.807, 2.05) is 37.3 Å². The lowest BCUT2D eigenvalue weighted by Crippen LogP contribution is -2.47. The van der Waals surface area contributed by atoms with Crippen molar-refractivity contribution in [2.24, 2.45) is 4.99 Å². The third-order valence-corrected chi connectivity index (χ3v) is 4.32. The topological polar surface area (TPSA) is 66.0 Å². The SMILES string of the molecule is CCOC1CCN(C(=NC)NCCC(=O)NCc2ccccc2)CC1. The molecular weight excluding hydrogens is 316 g/mol. The number of hydrogen-bond donors (Lipinski definition) is 2. The number of likely N-dealkylation sites (tertiary alicyclic amines) is 1. The van der Waals surface area contributed by atoms with Crippen molar-refractivity contribution in [1.29, 1.82) is 0 Å². The fourth-order valence-electron chi connectivity index (χ4n) is 2.97. The maximum absolute atomic E-state index is 12.0. The summed E-state index contributed by atoms with van der Waals surface area (Å²) in [5.41, 5.74) is 1.11. The molecule has 0 unspecified atom stereocenters. The standard InChI is InChI=1S/C19H30N4O2/c1-3-25-17-10-13-23(14-11-17)19(20-2)21-12-9-18(24)22-15-16-7-5-4-6-8-16/h4-8,17H,3,9-15H2,1-2H3,(H,20,21)(H,22,24). The first-order valence-corrected chi connectivity index (χ1v) is 9.10. The van der Waals surface area contributed by atoms with E-state index in [9.17, 15) is 4.79 Å². The summed E-state index contributed by atoms with van der Waals surface area (Å²) < 4.78 is 5.68. The number of hydrogen-bond acceptors (Lipinski definition) is 3. The molecule has 0 atom stereocenters. The van der Waals surface area contributed by atoms with Crippen molar-refractivity contribution in [2.75, 3.05) is 33.3 Å². The van der Waals surface area contributed by atoms with E-state index in [2.05, 4.69) is 20.5 Å². The van der Waals surface area contributed by atoms with Gasteiger partial charge in [0.15, 0.2) is 5.96 Å². The molecule has 0 aliphatic carbocycles. The summed E-state index contributed by atoms with van der Waals surface area (Å²) in [7, 11) is 1.78. The van der Waals surface area contributed by atoms with Crippen LogP contribution < -0.4 is 10.6 Å². The Hall–Kier alpha value is -2.08. The first kappa shape index (κ1) is 19.2. The van der Waals surface area contributed by atoms with Gasteiger partial charge < -0.3 is 20.3 Å². The van der Waals surface area contributed by atoms with Crippen LogP contribution in [0.3, 0.4) is 0 Å². The van der Waals surface area contributed by atoms with E-state index in [0.717, 1.165) is 44.1 Å². The lowest BCUT2D eigenvalue weighted by Gasteiger charge is -2.34. The number of carbonyl (C=O) groups excluding carboxylic acids is 1. The molecule has 1 aliphatic heterocycles. The number of nitrogens with one attached hydrogen (secondary N) is 2. The predicted molar refractivity (Wildman–Crippen MR) is 100 cm³/mol. The first-order valence-electron chi connectivity index (χ1n) is 9.10. The lowest BCUT2D eigenvalue weighted by atomic mass is 10.1. The Labute approximate surface area is 150 Å². The molecule has 0 radical (unpaired) electrons. The summed E-state index contributed by atoms with van der Waals surface area (Å²) in [6.45, 7) is 5.83. The van der Waals surface area contributed by atoms with Crippen LogP contribution in [0.15, 0.2) is 35.3 Å². The first-order chi connectivity index (χ1) is 12.2. The predicted octanol–water partition coefficient (Wildman–Crippen LogP) is 1.77. The fourth-order valence-corrected chi connectivity index (χ4v) is 2.97. The molecule has 1 saturated heterocycles. The van der Waals surface area contributed by atoms with Gasteiger partial charge in [0.25, 0.3) is 0 Å². The number of aliphatic imine (C=N–C) groups is 1. The molecule has 0 saturated carbocycles. The largest absolute Gasteiger partial charge is 0.378 e. The highest BCUT2D eigenvalue weighted by Crippen LogP contribution is 2.13. The van der Waals surface area contributed by atoms with Crippen molar-refractivity contribution in [3.8, 4) is 0 Å². The van der Waals surface area contributed by atoms with Gasteiger partial charge in [-0.2, -0.15) is 0 Å². The number of piperidine rings is 1. The summed E-state index contributed by atoms with van der Waals surface area (Å²) in [6.07, 6.45) is 2.84. The number of benzene rings is 1. The minimum absolute atomic E-state index is 0.0434. The number of nitrogens with zero attached hydrogens (tertiary/aromatic N) is 2. The number of guanidine groups is 1. The van der Waals surface area contributed by atoms with E-state index in [-0.39, 0.29) is 5.91 Å². The van der Waals surface area contributed by atoms with Crippen LogP contribution in [0.4, 0.5) is 0 Å². The molecule has 2 rings (SSSR count). The van der Waals surface area contributed by atoms with E-state index in [0.29, 0.717) is 25.6 Å². The highest BCUT2D eigenvalue weighted by molar-refractivity contribution is 5.81. The zero-order valence-electron chi connectivity index (χ0n) is 15.3. The van der Waals surface area contributed by atoms with E-state index in [1.165, 1.54) is 0 Å². The average Bonchev–Trinajstić information content (AvgIpc) is 2.65. The number of ether oxygens (including phenoxy) is 1. The zero-order chi connectivity index (χ0) is 17.9. The summed E-state index contributed by atoms with van der Waals surface area (Å²) in [6, 6.07) is 9.93. The second-order valence-corrected chi connectivity index (χ2v) is 6.13. The fraction of sp³-hybridized carbons (Fsp3) is 0.579. The molecule has 138 valence electrons. The lowest BCUT2D eigenvalue weighted by molar-refractivity contribution is -0.121. The molecule has 1 fully saturated rings. The van der Waals surface area contributed by atoms with Crippen molar-refractivity contribution in [3.05, 3.63) is 35.9 Å². The molecule has 6 heteroatoms. The normalized spacial score (nSPS) is 15.9. The van der Waals surface area contributed by atoms with Gasteiger partial charge in [-0.05, 0) is 25.3 Å². The monoisotopic (exact) mass is 346 g/mol. The molecule has 6 nitrogen and oxygen atoms in total. The smallest absolute Gasteiger partial charge is 0.222 e. The summed E-state index contributed by atoms with van der Waals surface area (Å²) in [4.78, 5) is 18.5. The van der Waals surface area contributed by atoms with E-state index < -0.39 is 0 Å². The van der Waals surface area contributed by atoms with Crippen molar-refractivity contribution in [3.63, 3.8) is 0 Å². The van der Waals surface area contributed by atoms with Crippen molar-refractivity contribution in [1.82, 2.24) is 15.5 Å². The summed E-state index contributed by atoms with van der Waals surface area (Å²) >= 11 is 0. The molecule has 1 aromatic carbocycles. The Morgan fingerprint density at radius 2 is 1.96 bits per heavy atom. The molecule has 0 bridgehead atoms. The van der Waals surface area contributed by atoms with Gasteiger partial charge in [-0.15, -0.1) is 0 Å². The van der Waals surface area contributed by atoms with Gasteiger partial charge in [0.2, 0.25) is 5.91 Å². The van der Waals surface area contributed by atoms with Crippen LogP contribution in [0.2, 0.25) is 0 Å². The molecule has 0 spiro atoms. The molecule has 0 aromatic heterocycles. The maximum Gasteiger partial charge on any atom is 0.222 e. The van der Waals surface area contributed by atoms with Gasteiger partial charge in [0.05, 0.1) is 6.10 Å². The Kier molecular flexibility index (Phi) is 8.25. The summed E-state index contributed by atoms with van der Waals surface area (Å²) in [5, 5.41) is 6.23. The quantitative estimate of drug-likeness (QED) is 0.583. The molecular formula is C19H30N4O2. The second-order valence-electron chi connectivity index (χ2n) is 6.13. The number of rotatable bonds is 7. The Balaban J connectivity index is 1.65. The van der Waals surface area contributed by atoms with Gasteiger partial charge in [0, 0.05) is 46.3 Å². The van der Waals surface area contributed by atoms with Crippen molar-refractivity contribution < 1.29 is 9.53 Å². The van der Waals surface area contributed by atoms with Crippen LogP contribution in [0, 0.1) is 0 Å². The van der Waals surface area contributed by atoms with Crippen LogP contribution in [-0.2, 0) is 16.1 Å². The second kappa shape index (κ2) is 10.7. The summed E-state index contributed by atoms with van der Waals surface area (Å²) in [5.74, 6) is 0.910. The van der Waals surface area contributed by atoms with Crippen LogP contribution in [-0.4, -0.2) is 56.2 Å². The van der Waals surface area contributed by atoms with Gasteiger partial charge in [-0.1, -0.05) is 30.3 Å². The Morgan fingerprint density at radius 1 is 1.24 bits per heavy atom. The van der Waals surface area contributed by atoms with Crippen LogP contribution >= 0.6 is 0 Å². The Morgan fingerprint density at radius 3 is 2.60 bits per heavy atom. The van der Waals surface area contributed by atoms with E-state index >= 15 is 0 Å². The van der Waals surface area contributed by atoms with Crippen LogP contribution in [0.5, 0.6) is 0 Å². The van der Waals surface area contributed by atoms with Crippen LogP contribution in [0.1, 0.15) is 31.7 Å². The average molecular weight is 346 g/mol. The van der Waals surface area contributed by atoms with Gasteiger partial charge >= 0.3 is 0 Å². The van der Waals surface area contributed by atoms with E-state index in [1.54, 1.807) is 7.05 Å². The Bertz CT molecular complexity index is 540. The zero-order valence-corrected chi connectivity index (χ0v) is 15.3. The molecule has 1 heterocycles. The molecule has 25 heavy (non-hydrogen) atoms. The van der Waals surface area contributed by atoms with Crippen molar-refractivity contribution >= 4 is 11.9 Å². The molecule has 1 aromatic rings. The van der Waals surface area contributed by atoms with Gasteiger partial charge in [-0.3, -0.25) is 9.79 Å². The maximum atomic E-state index is 12.0. The third kappa shape index (κ3) is 6.74. The number of amides is 1. The van der Waals surface area contributed by atoms with Gasteiger partial charge in [-0.25, -0.2) is 0 Å². The minimum Gasteiger partial charge on any atom is -0.378 e. The van der Waals surface area contributed by atoms with Crippen LogP contribution in [0.25, 0.3) is 0 Å².